The maximum Gasteiger partial charge on any atom is 0.222 e. The van der Waals surface area contributed by atoms with Crippen LogP contribution in [0.3, 0.4) is 0 Å². The third-order valence-electron chi connectivity index (χ3n) is 3.81. The summed E-state index contributed by atoms with van der Waals surface area (Å²) in [6.45, 7) is 7.00. The zero-order chi connectivity index (χ0) is 13.0. The average molecular weight is 249 g/mol. The average Bonchev–Trinajstić information content (AvgIpc) is 2.76. The number of nitrogens with zero attached hydrogens (tertiary/aromatic N) is 3. The minimum atomic E-state index is 0.328. The fraction of sp³-hybridized carbons (Fsp3) is 0.714. The molecule has 0 bridgehead atoms. The van der Waals surface area contributed by atoms with Crippen LogP contribution in [0.25, 0.3) is 0 Å². The van der Waals surface area contributed by atoms with Crippen molar-refractivity contribution < 1.29 is 4.79 Å². The van der Waals surface area contributed by atoms with Crippen LogP contribution < -0.4 is 0 Å². The van der Waals surface area contributed by atoms with Crippen molar-refractivity contribution in [2.75, 3.05) is 13.1 Å². The quantitative estimate of drug-likeness (QED) is 0.820. The summed E-state index contributed by atoms with van der Waals surface area (Å²) in [4.78, 5) is 18.1. The van der Waals surface area contributed by atoms with Crippen LogP contribution in [0.15, 0.2) is 12.4 Å². The molecule has 4 heteroatoms. The summed E-state index contributed by atoms with van der Waals surface area (Å²) in [5.41, 5.74) is 0. The molecule has 2 heterocycles. The summed E-state index contributed by atoms with van der Waals surface area (Å²) in [6, 6.07) is 0. The Bertz CT molecular complexity index is 391. The van der Waals surface area contributed by atoms with Crippen molar-refractivity contribution in [2.24, 2.45) is 5.92 Å². The molecule has 1 fully saturated rings. The number of imidazole rings is 1. The number of likely N-dealkylation sites (tertiary alicyclic amines) is 1. The van der Waals surface area contributed by atoms with Gasteiger partial charge in [0.15, 0.2) is 0 Å². The van der Waals surface area contributed by atoms with E-state index in [1.54, 1.807) is 0 Å². The summed E-state index contributed by atoms with van der Waals surface area (Å²) in [7, 11) is 0. The van der Waals surface area contributed by atoms with E-state index in [0.29, 0.717) is 18.2 Å². The van der Waals surface area contributed by atoms with Gasteiger partial charge in [0.25, 0.3) is 0 Å². The number of amides is 1. The topological polar surface area (TPSA) is 38.1 Å². The van der Waals surface area contributed by atoms with E-state index in [1.165, 1.54) is 0 Å². The van der Waals surface area contributed by atoms with E-state index in [1.807, 2.05) is 24.2 Å². The summed E-state index contributed by atoms with van der Waals surface area (Å²) in [5, 5.41) is 0. The first kappa shape index (κ1) is 13.1. The first-order valence-electron chi connectivity index (χ1n) is 6.96. The van der Waals surface area contributed by atoms with Crippen molar-refractivity contribution in [2.45, 2.75) is 46.1 Å². The summed E-state index contributed by atoms with van der Waals surface area (Å²) in [5.74, 6) is 2.10. The van der Waals surface area contributed by atoms with Gasteiger partial charge in [-0.1, -0.05) is 6.92 Å². The minimum Gasteiger partial charge on any atom is -0.343 e. The molecule has 0 N–H and O–H groups in total. The van der Waals surface area contributed by atoms with Crippen molar-refractivity contribution in [3.05, 3.63) is 18.2 Å². The Kier molecular flexibility index (Phi) is 4.39. The third-order valence-corrected chi connectivity index (χ3v) is 3.81. The number of aromatic nitrogens is 2. The van der Waals surface area contributed by atoms with Gasteiger partial charge in [0, 0.05) is 38.4 Å². The highest BCUT2D eigenvalue weighted by Crippen LogP contribution is 2.20. The van der Waals surface area contributed by atoms with Crippen LogP contribution in [0.5, 0.6) is 0 Å². The summed E-state index contributed by atoms with van der Waals surface area (Å²) >= 11 is 0. The molecule has 0 aliphatic carbocycles. The molecule has 0 spiro atoms. The molecule has 1 aromatic rings. The Balaban J connectivity index is 1.80. The van der Waals surface area contributed by atoms with Gasteiger partial charge >= 0.3 is 0 Å². The molecule has 100 valence electrons. The molecule has 0 aromatic carbocycles. The maximum absolute atomic E-state index is 11.8. The third kappa shape index (κ3) is 3.12. The second-order valence-corrected chi connectivity index (χ2v) is 5.20. The van der Waals surface area contributed by atoms with Gasteiger partial charge in [-0.3, -0.25) is 4.79 Å². The van der Waals surface area contributed by atoms with E-state index in [-0.39, 0.29) is 0 Å². The molecule has 1 aliphatic heterocycles. The maximum atomic E-state index is 11.8. The van der Waals surface area contributed by atoms with Gasteiger partial charge in [-0.2, -0.15) is 0 Å². The number of hydrogen-bond acceptors (Lipinski definition) is 2. The lowest BCUT2D eigenvalue weighted by Gasteiger charge is -2.32. The molecule has 1 amide bonds. The number of aryl methyl sites for hydroxylation is 1. The van der Waals surface area contributed by atoms with Gasteiger partial charge in [0.1, 0.15) is 5.82 Å². The molecule has 1 aliphatic rings. The lowest BCUT2D eigenvalue weighted by atomic mass is 9.96. The fourth-order valence-electron chi connectivity index (χ4n) is 2.61. The second-order valence-electron chi connectivity index (χ2n) is 5.20. The lowest BCUT2D eigenvalue weighted by Crippen LogP contribution is -2.39. The van der Waals surface area contributed by atoms with Crippen LogP contribution in [0.2, 0.25) is 0 Å². The van der Waals surface area contributed by atoms with Crippen LogP contribution in [0, 0.1) is 12.8 Å². The highest BCUT2D eigenvalue weighted by Gasteiger charge is 2.22. The van der Waals surface area contributed by atoms with Gasteiger partial charge in [-0.05, 0) is 32.1 Å². The normalized spacial score (nSPS) is 17.1. The molecule has 18 heavy (non-hydrogen) atoms. The smallest absolute Gasteiger partial charge is 0.222 e. The van der Waals surface area contributed by atoms with Gasteiger partial charge in [-0.25, -0.2) is 4.98 Å². The number of hydrogen-bond donors (Lipinski definition) is 0. The van der Waals surface area contributed by atoms with Crippen LogP contribution in [0.4, 0.5) is 0 Å². The molecular formula is C14H23N3O. The first-order chi connectivity index (χ1) is 8.70. The molecule has 1 aromatic heterocycles. The Labute approximate surface area is 109 Å². The van der Waals surface area contributed by atoms with Crippen LogP contribution >= 0.6 is 0 Å². The summed E-state index contributed by atoms with van der Waals surface area (Å²) in [6.07, 6.45) is 7.79. The highest BCUT2D eigenvalue weighted by atomic mass is 16.2. The van der Waals surface area contributed by atoms with Gasteiger partial charge in [0.2, 0.25) is 5.91 Å². The monoisotopic (exact) mass is 249 g/mol. The van der Waals surface area contributed by atoms with Crippen molar-refractivity contribution in [1.82, 2.24) is 14.5 Å². The van der Waals surface area contributed by atoms with Crippen molar-refractivity contribution in [1.29, 1.82) is 0 Å². The Morgan fingerprint density at radius 1 is 1.44 bits per heavy atom. The van der Waals surface area contributed by atoms with Gasteiger partial charge < -0.3 is 9.47 Å². The van der Waals surface area contributed by atoms with Crippen LogP contribution in [-0.4, -0.2) is 33.4 Å². The van der Waals surface area contributed by atoms with E-state index < -0.39 is 0 Å². The Hall–Kier alpha value is -1.32. The van der Waals surface area contributed by atoms with Crippen molar-refractivity contribution in [3.63, 3.8) is 0 Å². The number of carbonyl (C=O) groups is 1. The van der Waals surface area contributed by atoms with E-state index in [4.69, 9.17) is 0 Å². The van der Waals surface area contributed by atoms with E-state index in [0.717, 1.165) is 44.7 Å². The van der Waals surface area contributed by atoms with Crippen molar-refractivity contribution in [3.8, 4) is 0 Å². The van der Waals surface area contributed by atoms with E-state index in [9.17, 15) is 4.79 Å². The largest absolute Gasteiger partial charge is 0.343 e. The second kappa shape index (κ2) is 6.03. The van der Waals surface area contributed by atoms with E-state index >= 15 is 0 Å². The zero-order valence-corrected chi connectivity index (χ0v) is 11.4. The molecule has 0 saturated carbocycles. The van der Waals surface area contributed by atoms with Crippen LogP contribution in [0.1, 0.15) is 38.4 Å². The number of carbonyl (C=O) groups excluding carboxylic acids is 1. The lowest BCUT2D eigenvalue weighted by molar-refractivity contribution is -0.132. The zero-order valence-electron chi connectivity index (χ0n) is 11.4. The molecule has 2 rings (SSSR count). The highest BCUT2D eigenvalue weighted by molar-refractivity contribution is 5.76. The predicted molar refractivity (Wildman–Crippen MR) is 71.2 cm³/mol. The molecule has 0 unspecified atom stereocenters. The number of piperidine rings is 1. The first-order valence-corrected chi connectivity index (χ1v) is 6.96. The molecular weight excluding hydrogens is 226 g/mol. The molecule has 0 radical (unpaired) electrons. The minimum absolute atomic E-state index is 0.328. The Morgan fingerprint density at radius 2 is 2.17 bits per heavy atom. The molecule has 0 atom stereocenters. The molecule has 1 saturated heterocycles. The summed E-state index contributed by atoms with van der Waals surface area (Å²) < 4.78 is 2.22. The predicted octanol–water partition coefficient (Wildman–Crippen LogP) is 2.23. The number of rotatable bonds is 4. The standard InChI is InChI=1S/C14H23N3O/c1-3-4-14(18)16-8-5-13(6-9-16)11-17-10-7-15-12(17)2/h7,10,13H,3-6,8-9,11H2,1-2H3. The Morgan fingerprint density at radius 3 is 2.72 bits per heavy atom. The SMILES string of the molecule is CCCC(=O)N1CCC(Cn2ccnc2C)CC1. The van der Waals surface area contributed by atoms with Crippen molar-refractivity contribution >= 4 is 5.91 Å². The van der Waals surface area contributed by atoms with Crippen LogP contribution in [-0.2, 0) is 11.3 Å². The fourth-order valence-corrected chi connectivity index (χ4v) is 2.61. The van der Waals surface area contributed by atoms with E-state index in [2.05, 4.69) is 16.5 Å². The molecule has 4 nitrogen and oxygen atoms in total. The van der Waals surface area contributed by atoms with Gasteiger partial charge in [-0.15, -0.1) is 0 Å². The van der Waals surface area contributed by atoms with Gasteiger partial charge in [0.05, 0.1) is 0 Å².